The number of rotatable bonds is 6. The van der Waals surface area contributed by atoms with Gasteiger partial charge in [0.2, 0.25) is 5.91 Å². The SMILES string of the molecule is Cc1nc(NS(=O)(=O)c2ccc(NC(=O)[C@H]3NCC[C@H]3C3CCCCC3)cc2)oc1C.O=C(O)C(F)(F)F. The second-order valence-electron chi connectivity index (χ2n) is 9.37. The van der Waals surface area contributed by atoms with Gasteiger partial charge >= 0.3 is 18.2 Å². The topological polar surface area (TPSA) is 151 Å². The third-order valence-electron chi connectivity index (χ3n) is 6.73. The van der Waals surface area contributed by atoms with Gasteiger partial charge in [0.15, 0.2) is 0 Å². The van der Waals surface area contributed by atoms with Gasteiger partial charge in [-0.25, -0.2) is 17.9 Å². The van der Waals surface area contributed by atoms with Crippen LogP contribution in [0.4, 0.5) is 24.9 Å². The van der Waals surface area contributed by atoms with Crippen molar-refractivity contribution in [1.29, 1.82) is 0 Å². The van der Waals surface area contributed by atoms with Crippen molar-refractivity contribution in [3.63, 3.8) is 0 Å². The molecule has 210 valence electrons. The lowest BCUT2D eigenvalue weighted by Crippen LogP contribution is -2.42. The van der Waals surface area contributed by atoms with E-state index in [1.54, 1.807) is 26.0 Å². The molecule has 1 amide bonds. The molecule has 2 heterocycles. The van der Waals surface area contributed by atoms with Gasteiger partial charge in [-0.05, 0) is 62.9 Å². The summed E-state index contributed by atoms with van der Waals surface area (Å²) in [5, 5.41) is 13.4. The molecule has 1 aromatic carbocycles. The molecule has 0 unspecified atom stereocenters. The van der Waals surface area contributed by atoms with Gasteiger partial charge in [0, 0.05) is 5.69 Å². The number of aromatic nitrogens is 1. The Hall–Kier alpha value is -3.13. The van der Waals surface area contributed by atoms with Crippen molar-refractivity contribution in [2.24, 2.45) is 11.8 Å². The fourth-order valence-corrected chi connectivity index (χ4v) is 5.64. The van der Waals surface area contributed by atoms with E-state index in [2.05, 4.69) is 20.3 Å². The van der Waals surface area contributed by atoms with Crippen LogP contribution in [-0.4, -0.2) is 49.1 Å². The van der Waals surface area contributed by atoms with Gasteiger partial charge < -0.3 is 20.2 Å². The average Bonchev–Trinajstić information content (AvgIpc) is 3.46. The molecule has 1 saturated carbocycles. The van der Waals surface area contributed by atoms with Gasteiger partial charge in [-0.15, -0.1) is 0 Å². The number of oxazole rings is 1. The number of halogens is 3. The number of carbonyl (C=O) groups excluding carboxylic acids is 1. The van der Waals surface area contributed by atoms with Crippen molar-refractivity contribution < 1.29 is 40.7 Å². The van der Waals surface area contributed by atoms with Crippen LogP contribution in [0.1, 0.15) is 50.0 Å². The maximum Gasteiger partial charge on any atom is 0.490 e. The monoisotopic (exact) mass is 560 g/mol. The second-order valence-corrected chi connectivity index (χ2v) is 11.0. The van der Waals surface area contributed by atoms with Crippen molar-refractivity contribution in [2.45, 2.75) is 69.5 Å². The van der Waals surface area contributed by atoms with E-state index in [1.165, 1.54) is 44.2 Å². The number of alkyl halides is 3. The number of anilines is 2. The highest BCUT2D eigenvalue weighted by molar-refractivity contribution is 7.92. The number of nitrogens with one attached hydrogen (secondary N) is 3. The summed E-state index contributed by atoms with van der Waals surface area (Å²) in [7, 11) is -3.83. The predicted molar refractivity (Wildman–Crippen MR) is 132 cm³/mol. The van der Waals surface area contributed by atoms with Gasteiger partial charge in [0.1, 0.15) is 5.76 Å². The van der Waals surface area contributed by atoms with Crippen LogP contribution in [0.5, 0.6) is 0 Å². The minimum Gasteiger partial charge on any atom is -0.475 e. The molecule has 2 atom stereocenters. The van der Waals surface area contributed by atoms with E-state index in [9.17, 15) is 26.4 Å². The first kappa shape index (κ1) is 29.4. The molecular weight excluding hydrogens is 529 g/mol. The van der Waals surface area contributed by atoms with Crippen molar-refractivity contribution >= 4 is 33.6 Å². The van der Waals surface area contributed by atoms with Crippen LogP contribution in [0.15, 0.2) is 33.6 Å². The number of nitrogens with zero attached hydrogens (tertiary/aromatic N) is 1. The lowest BCUT2D eigenvalue weighted by molar-refractivity contribution is -0.192. The molecule has 4 N–H and O–H groups in total. The Balaban J connectivity index is 0.000000505. The summed E-state index contributed by atoms with van der Waals surface area (Å²) in [6.45, 7) is 4.32. The zero-order valence-corrected chi connectivity index (χ0v) is 21.8. The number of hydrogen-bond acceptors (Lipinski definition) is 7. The number of benzene rings is 1. The number of carbonyl (C=O) groups is 2. The fourth-order valence-electron chi connectivity index (χ4n) is 4.71. The Morgan fingerprint density at radius 1 is 1.08 bits per heavy atom. The summed E-state index contributed by atoms with van der Waals surface area (Å²) in [6, 6.07) is 5.87. The molecule has 1 aliphatic heterocycles. The van der Waals surface area contributed by atoms with Crippen LogP contribution < -0.4 is 15.4 Å². The molecule has 2 fully saturated rings. The molecule has 10 nitrogen and oxygen atoms in total. The smallest absolute Gasteiger partial charge is 0.475 e. The molecule has 1 aliphatic carbocycles. The second kappa shape index (κ2) is 12.2. The largest absolute Gasteiger partial charge is 0.490 e. The summed E-state index contributed by atoms with van der Waals surface area (Å²) < 4.78 is 64.5. The fraction of sp³-hybridized carbons (Fsp3) is 0.542. The van der Waals surface area contributed by atoms with Gasteiger partial charge in [-0.2, -0.15) is 18.2 Å². The normalized spacial score (nSPS) is 20.3. The lowest BCUT2D eigenvalue weighted by atomic mass is 9.76. The van der Waals surface area contributed by atoms with Gasteiger partial charge in [0.05, 0.1) is 16.6 Å². The van der Waals surface area contributed by atoms with E-state index >= 15 is 0 Å². The van der Waals surface area contributed by atoms with Gasteiger partial charge in [-0.1, -0.05) is 32.1 Å². The molecular formula is C24H31F3N4O6S. The summed E-state index contributed by atoms with van der Waals surface area (Å²) in [6.07, 6.45) is 2.18. The van der Waals surface area contributed by atoms with Crippen molar-refractivity contribution in [3.05, 3.63) is 35.7 Å². The van der Waals surface area contributed by atoms with Gasteiger partial charge in [0.25, 0.3) is 10.0 Å². The summed E-state index contributed by atoms with van der Waals surface area (Å²) in [5.74, 6) is -1.26. The van der Waals surface area contributed by atoms with Crippen LogP contribution in [0.2, 0.25) is 0 Å². The zero-order valence-electron chi connectivity index (χ0n) is 21.0. The summed E-state index contributed by atoms with van der Waals surface area (Å²) >= 11 is 0. The van der Waals surface area contributed by atoms with Crippen LogP contribution in [0.3, 0.4) is 0 Å². The third-order valence-corrected chi connectivity index (χ3v) is 8.07. The van der Waals surface area contributed by atoms with E-state index in [0.29, 0.717) is 29.0 Å². The quantitative estimate of drug-likeness (QED) is 0.410. The maximum atomic E-state index is 12.9. The van der Waals surface area contributed by atoms with Crippen LogP contribution in [-0.2, 0) is 19.6 Å². The van der Waals surface area contributed by atoms with Crippen LogP contribution >= 0.6 is 0 Å². The molecule has 0 spiro atoms. The van der Waals surface area contributed by atoms with E-state index in [0.717, 1.165) is 13.0 Å². The van der Waals surface area contributed by atoms with E-state index < -0.39 is 22.2 Å². The first-order chi connectivity index (χ1) is 17.8. The highest BCUT2D eigenvalue weighted by Gasteiger charge is 2.39. The number of amides is 1. The van der Waals surface area contributed by atoms with Crippen molar-refractivity contribution in [1.82, 2.24) is 10.3 Å². The standard InChI is InChI=1S/C22H30N4O4S.C2HF3O2/c1-14-15(2)30-22(24-14)26-31(28,29)18-10-8-17(9-11-18)25-21(27)20-19(12-13-23-20)16-6-4-3-5-7-16;3-2(4,5)1(6)7/h8-11,16,19-20,23H,3-7,12-13H2,1-2H3,(H,24,26)(H,25,27);(H,6,7)/t19-,20-;/m0./s1. The maximum absolute atomic E-state index is 12.9. The first-order valence-electron chi connectivity index (χ1n) is 12.2. The summed E-state index contributed by atoms with van der Waals surface area (Å²) in [5.41, 5.74) is 1.20. The third kappa shape index (κ3) is 7.69. The zero-order chi connectivity index (χ0) is 28.1. The molecule has 4 rings (SSSR count). The number of aliphatic carboxylic acids is 1. The van der Waals surface area contributed by atoms with Crippen molar-refractivity contribution in [3.8, 4) is 0 Å². The highest BCUT2D eigenvalue weighted by Crippen LogP contribution is 2.36. The molecule has 0 radical (unpaired) electrons. The molecule has 0 bridgehead atoms. The average molecular weight is 561 g/mol. The number of aryl methyl sites for hydroxylation is 2. The van der Waals surface area contributed by atoms with E-state index in [4.69, 9.17) is 14.3 Å². The van der Waals surface area contributed by atoms with Crippen molar-refractivity contribution in [2.75, 3.05) is 16.6 Å². The number of carboxylic acids is 1. The highest BCUT2D eigenvalue weighted by atomic mass is 32.2. The Labute approximate surface area is 218 Å². The molecule has 1 aromatic heterocycles. The molecule has 2 aromatic rings. The predicted octanol–water partition coefficient (Wildman–Crippen LogP) is 4.22. The Morgan fingerprint density at radius 2 is 1.68 bits per heavy atom. The van der Waals surface area contributed by atoms with Gasteiger partial charge in [-0.3, -0.25) is 4.79 Å². The molecule has 2 aliphatic rings. The number of carboxylic acid groups (broad SMARTS) is 1. The van der Waals surface area contributed by atoms with Crippen LogP contribution in [0.25, 0.3) is 0 Å². The summed E-state index contributed by atoms with van der Waals surface area (Å²) in [4.78, 5) is 25.9. The van der Waals surface area contributed by atoms with Crippen LogP contribution in [0, 0.1) is 25.7 Å². The first-order valence-corrected chi connectivity index (χ1v) is 13.7. The minimum absolute atomic E-state index is 0.0486. The molecule has 14 heteroatoms. The lowest BCUT2D eigenvalue weighted by Gasteiger charge is -2.30. The molecule has 38 heavy (non-hydrogen) atoms. The van der Waals surface area contributed by atoms with E-state index in [-0.39, 0.29) is 22.9 Å². The minimum atomic E-state index is -5.08. The Bertz CT molecular complexity index is 1210. The Morgan fingerprint density at radius 3 is 2.21 bits per heavy atom. The number of sulfonamides is 1. The van der Waals surface area contributed by atoms with E-state index in [1.807, 2.05) is 0 Å². The Kier molecular flexibility index (Phi) is 9.41. The number of hydrogen-bond donors (Lipinski definition) is 4. The molecule has 1 saturated heterocycles.